The maximum absolute atomic E-state index is 5.49. The maximum atomic E-state index is 5.49. The van der Waals surface area contributed by atoms with E-state index in [-0.39, 0.29) is 0 Å². The van der Waals surface area contributed by atoms with Crippen LogP contribution in [0.15, 0.2) is 11.6 Å². The fourth-order valence-electron chi connectivity index (χ4n) is 1.63. The highest BCUT2D eigenvalue weighted by Crippen LogP contribution is 2.38. The molecule has 0 heterocycles. The highest BCUT2D eigenvalue weighted by molar-refractivity contribution is 5.04. The second-order valence-corrected chi connectivity index (χ2v) is 4.13. The van der Waals surface area contributed by atoms with Gasteiger partial charge in [0, 0.05) is 6.04 Å². The first kappa shape index (κ1) is 9.75. The molecule has 2 atom stereocenters. The van der Waals surface area contributed by atoms with Crippen molar-refractivity contribution in [2.45, 2.75) is 39.7 Å². The first-order valence-corrected chi connectivity index (χ1v) is 4.76. The molecule has 0 aliphatic heterocycles. The first-order valence-electron chi connectivity index (χ1n) is 4.76. The topological polar surface area (TPSA) is 38.0 Å². The Kier molecular flexibility index (Phi) is 3.29. The van der Waals surface area contributed by atoms with Gasteiger partial charge in [-0.15, -0.1) is 0 Å². The monoisotopic (exact) mass is 168 g/mol. The Morgan fingerprint density at radius 3 is 2.42 bits per heavy atom. The molecular formula is C10H20N2. The van der Waals surface area contributed by atoms with E-state index in [0.717, 1.165) is 5.92 Å². The molecule has 1 rings (SSSR count). The zero-order valence-electron chi connectivity index (χ0n) is 8.30. The van der Waals surface area contributed by atoms with Gasteiger partial charge in [-0.2, -0.15) is 0 Å². The van der Waals surface area contributed by atoms with Crippen LogP contribution in [0.4, 0.5) is 0 Å². The molecule has 0 aromatic carbocycles. The van der Waals surface area contributed by atoms with Gasteiger partial charge in [-0.3, -0.25) is 11.3 Å². The quantitative estimate of drug-likeness (QED) is 0.382. The number of hydrogen-bond donors (Lipinski definition) is 2. The summed E-state index contributed by atoms with van der Waals surface area (Å²) in [5.74, 6) is 7.08. The van der Waals surface area contributed by atoms with Crippen molar-refractivity contribution in [3.05, 3.63) is 11.6 Å². The van der Waals surface area contributed by atoms with E-state index in [1.807, 2.05) is 0 Å². The van der Waals surface area contributed by atoms with Gasteiger partial charge in [0.1, 0.15) is 0 Å². The molecule has 0 bridgehead atoms. The van der Waals surface area contributed by atoms with Gasteiger partial charge >= 0.3 is 0 Å². The van der Waals surface area contributed by atoms with Gasteiger partial charge in [0.2, 0.25) is 0 Å². The molecule has 1 aliphatic rings. The van der Waals surface area contributed by atoms with Crippen molar-refractivity contribution in [3.63, 3.8) is 0 Å². The Hall–Kier alpha value is -0.340. The lowest BCUT2D eigenvalue weighted by Gasteiger charge is -2.20. The molecule has 2 nitrogen and oxygen atoms in total. The summed E-state index contributed by atoms with van der Waals surface area (Å²) in [4.78, 5) is 0. The van der Waals surface area contributed by atoms with E-state index in [2.05, 4.69) is 32.3 Å². The molecule has 1 fully saturated rings. The molecule has 0 radical (unpaired) electrons. The molecule has 0 spiro atoms. The van der Waals surface area contributed by atoms with Crippen molar-refractivity contribution >= 4 is 0 Å². The molecule has 2 heteroatoms. The Morgan fingerprint density at radius 1 is 1.50 bits per heavy atom. The van der Waals surface area contributed by atoms with E-state index in [1.165, 1.54) is 18.4 Å². The van der Waals surface area contributed by atoms with Crippen LogP contribution in [0.3, 0.4) is 0 Å². The zero-order chi connectivity index (χ0) is 9.14. The normalized spacial score (nSPS) is 21.7. The predicted octanol–water partition coefficient (Wildman–Crippen LogP) is 1.83. The van der Waals surface area contributed by atoms with Crippen molar-refractivity contribution < 1.29 is 0 Å². The largest absolute Gasteiger partial charge is 0.271 e. The molecule has 2 unspecified atom stereocenters. The van der Waals surface area contributed by atoms with Crippen molar-refractivity contribution in [1.29, 1.82) is 0 Å². The Balaban J connectivity index is 2.48. The molecule has 12 heavy (non-hydrogen) atoms. The summed E-state index contributed by atoms with van der Waals surface area (Å²) < 4.78 is 0. The number of allylic oxidation sites excluding steroid dienone is 1. The average Bonchev–Trinajstić information content (AvgIpc) is 2.80. The molecule has 70 valence electrons. The number of rotatable bonds is 4. The first-order chi connectivity index (χ1) is 5.65. The number of hydrazine groups is 1. The van der Waals surface area contributed by atoms with E-state index in [1.54, 1.807) is 0 Å². The molecule has 0 amide bonds. The lowest BCUT2D eigenvalue weighted by molar-refractivity contribution is 0.397. The summed E-state index contributed by atoms with van der Waals surface area (Å²) in [5, 5.41) is 0. The second kappa shape index (κ2) is 4.06. The molecule has 0 aromatic heterocycles. The number of nitrogens with two attached hydrogens (primary N) is 1. The number of hydrogen-bond acceptors (Lipinski definition) is 2. The maximum Gasteiger partial charge on any atom is 0.0421 e. The van der Waals surface area contributed by atoms with Crippen LogP contribution in [0.1, 0.15) is 33.6 Å². The van der Waals surface area contributed by atoms with E-state index in [4.69, 9.17) is 5.84 Å². The molecule has 0 saturated heterocycles. The fourth-order valence-corrected chi connectivity index (χ4v) is 1.63. The van der Waals surface area contributed by atoms with Crippen LogP contribution in [0.25, 0.3) is 0 Å². The highest BCUT2D eigenvalue weighted by Gasteiger charge is 2.31. The van der Waals surface area contributed by atoms with Crippen LogP contribution in [0.2, 0.25) is 0 Å². The van der Waals surface area contributed by atoms with Crippen LogP contribution in [0, 0.1) is 11.8 Å². The van der Waals surface area contributed by atoms with E-state index in [9.17, 15) is 0 Å². The van der Waals surface area contributed by atoms with Gasteiger partial charge in [-0.05, 0) is 38.5 Å². The van der Waals surface area contributed by atoms with Crippen molar-refractivity contribution in [2.75, 3.05) is 0 Å². The van der Waals surface area contributed by atoms with Gasteiger partial charge in [0.25, 0.3) is 0 Å². The lowest BCUT2D eigenvalue weighted by atomic mass is 9.96. The van der Waals surface area contributed by atoms with Gasteiger partial charge in [0.15, 0.2) is 0 Å². The van der Waals surface area contributed by atoms with Crippen molar-refractivity contribution in [2.24, 2.45) is 17.7 Å². The van der Waals surface area contributed by atoms with Crippen LogP contribution < -0.4 is 11.3 Å². The zero-order valence-corrected chi connectivity index (χ0v) is 8.30. The minimum atomic E-state index is 0.363. The molecule has 1 aliphatic carbocycles. The molecule has 1 saturated carbocycles. The highest BCUT2D eigenvalue weighted by atomic mass is 15.2. The Labute approximate surface area is 75.2 Å². The van der Waals surface area contributed by atoms with Gasteiger partial charge in [-0.1, -0.05) is 18.6 Å². The minimum absolute atomic E-state index is 0.363. The lowest BCUT2D eigenvalue weighted by Crippen LogP contribution is -2.39. The summed E-state index contributed by atoms with van der Waals surface area (Å²) >= 11 is 0. The average molecular weight is 168 g/mol. The van der Waals surface area contributed by atoms with Gasteiger partial charge in [-0.25, -0.2) is 0 Å². The van der Waals surface area contributed by atoms with E-state index >= 15 is 0 Å². The Morgan fingerprint density at radius 2 is 2.08 bits per heavy atom. The summed E-state index contributed by atoms with van der Waals surface area (Å²) in [6, 6.07) is 0.363. The summed E-state index contributed by atoms with van der Waals surface area (Å²) in [7, 11) is 0. The third kappa shape index (κ3) is 2.61. The van der Waals surface area contributed by atoms with Crippen molar-refractivity contribution in [1.82, 2.24) is 5.43 Å². The standard InChI is InChI=1S/C10H20N2/c1-7(2)6-10(12-11)8(3)9-4-5-9/h6,8-10,12H,4-5,11H2,1-3H3. The molecular weight excluding hydrogens is 148 g/mol. The van der Waals surface area contributed by atoms with E-state index in [0.29, 0.717) is 12.0 Å². The van der Waals surface area contributed by atoms with Crippen LogP contribution >= 0.6 is 0 Å². The Bertz CT molecular complexity index is 167. The van der Waals surface area contributed by atoms with Crippen LogP contribution in [-0.4, -0.2) is 6.04 Å². The predicted molar refractivity (Wildman–Crippen MR) is 52.4 cm³/mol. The van der Waals surface area contributed by atoms with Gasteiger partial charge in [0.05, 0.1) is 0 Å². The van der Waals surface area contributed by atoms with E-state index < -0.39 is 0 Å². The van der Waals surface area contributed by atoms with Crippen LogP contribution in [-0.2, 0) is 0 Å². The summed E-state index contributed by atoms with van der Waals surface area (Å²) in [6.45, 7) is 6.51. The fraction of sp³-hybridized carbons (Fsp3) is 0.800. The summed E-state index contributed by atoms with van der Waals surface area (Å²) in [5.41, 5.74) is 4.22. The second-order valence-electron chi connectivity index (χ2n) is 4.13. The molecule has 0 aromatic rings. The smallest absolute Gasteiger partial charge is 0.0421 e. The van der Waals surface area contributed by atoms with Gasteiger partial charge < -0.3 is 0 Å². The SMILES string of the molecule is CC(C)=CC(NN)C(C)C1CC1. The minimum Gasteiger partial charge on any atom is -0.271 e. The summed E-state index contributed by atoms with van der Waals surface area (Å²) in [6.07, 6.45) is 4.99. The third-order valence-electron chi connectivity index (χ3n) is 2.64. The third-order valence-corrected chi connectivity index (χ3v) is 2.64. The van der Waals surface area contributed by atoms with Crippen LogP contribution in [0.5, 0.6) is 0 Å². The number of nitrogens with one attached hydrogen (secondary N) is 1. The van der Waals surface area contributed by atoms with Crippen molar-refractivity contribution in [3.8, 4) is 0 Å². The molecule has 3 N–H and O–H groups in total.